The van der Waals surface area contributed by atoms with Gasteiger partial charge in [0.1, 0.15) is 5.75 Å². The Bertz CT molecular complexity index is 618. The van der Waals surface area contributed by atoms with E-state index in [2.05, 4.69) is 25.8 Å². The van der Waals surface area contributed by atoms with Crippen molar-refractivity contribution in [2.24, 2.45) is 5.41 Å². The van der Waals surface area contributed by atoms with Crippen molar-refractivity contribution in [1.29, 1.82) is 0 Å². The Morgan fingerprint density at radius 3 is 2.36 bits per heavy atom. The number of aromatic nitrogens is 1. The van der Waals surface area contributed by atoms with E-state index in [-0.39, 0.29) is 11.3 Å². The molecule has 1 aromatic carbocycles. The van der Waals surface area contributed by atoms with Crippen LogP contribution in [-0.4, -0.2) is 11.6 Å². The minimum Gasteiger partial charge on any atom is -0.436 e. The monoisotopic (exact) mass is 303 g/mol. The van der Waals surface area contributed by atoms with Crippen LogP contribution < -0.4 is 4.74 Å². The van der Waals surface area contributed by atoms with Crippen LogP contribution in [0.3, 0.4) is 0 Å². The molecule has 22 heavy (non-hydrogen) atoms. The van der Waals surface area contributed by atoms with Gasteiger partial charge in [0, 0.05) is 0 Å². The number of nitrogens with zero attached hydrogens (tertiary/aromatic N) is 1. The van der Waals surface area contributed by atoms with Crippen LogP contribution in [-0.2, 0) is 11.3 Å². The third kappa shape index (κ3) is 5.11. The van der Waals surface area contributed by atoms with E-state index in [1.807, 2.05) is 19.1 Å². The lowest BCUT2D eigenvalue weighted by molar-refractivity contribution is 0.0578. The second kappa shape index (κ2) is 6.88. The molecule has 3 nitrogen and oxygen atoms in total. The van der Waals surface area contributed by atoms with Crippen molar-refractivity contribution in [3.05, 3.63) is 53.5 Å². The number of pyridine rings is 1. The zero-order chi connectivity index (χ0) is 16.2. The summed E-state index contributed by atoms with van der Waals surface area (Å²) in [4.78, 5) is 4.19. The van der Waals surface area contributed by atoms with Crippen molar-refractivity contribution < 1.29 is 13.9 Å². The summed E-state index contributed by atoms with van der Waals surface area (Å²) in [6.45, 7) is 9.21. The van der Waals surface area contributed by atoms with E-state index in [1.165, 1.54) is 6.07 Å². The minimum atomic E-state index is -0.486. The van der Waals surface area contributed by atoms with Gasteiger partial charge in [-0.2, -0.15) is 0 Å². The van der Waals surface area contributed by atoms with Crippen LogP contribution >= 0.6 is 0 Å². The van der Waals surface area contributed by atoms with Crippen LogP contribution in [0.4, 0.5) is 4.39 Å². The highest BCUT2D eigenvalue weighted by Gasteiger charge is 2.12. The van der Waals surface area contributed by atoms with Crippen LogP contribution in [0.5, 0.6) is 11.6 Å². The molecule has 2 rings (SSSR count). The third-order valence-corrected chi connectivity index (χ3v) is 2.89. The van der Waals surface area contributed by atoms with Gasteiger partial charge in [-0.25, -0.2) is 9.37 Å². The fourth-order valence-electron chi connectivity index (χ4n) is 1.79. The van der Waals surface area contributed by atoms with Crippen LogP contribution in [0.1, 0.15) is 32.0 Å². The van der Waals surface area contributed by atoms with E-state index in [4.69, 9.17) is 9.47 Å². The second-order valence-electron chi connectivity index (χ2n) is 6.56. The average molecular weight is 303 g/mol. The maximum Gasteiger partial charge on any atom is 0.256 e. The molecule has 0 aliphatic heterocycles. The molecule has 0 radical (unpaired) electrons. The topological polar surface area (TPSA) is 31.4 Å². The van der Waals surface area contributed by atoms with Gasteiger partial charge in [-0.15, -0.1) is 0 Å². The molecule has 0 aliphatic rings. The lowest BCUT2D eigenvalue weighted by atomic mass is 9.99. The van der Waals surface area contributed by atoms with Crippen molar-refractivity contribution >= 4 is 0 Å². The van der Waals surface area contributed by atoms with Crippen LogP contribution in [0.25, 0.3) is 0 Å². The van der Waals surface area contributed by atoms with Crippen molar-refractivity contribution in [3.63, 3.8) is 0 Å². The van der Waals surface area contributed by atoms with Gasteiger partial charge in [-0.1, -0.05) is 38.5 Å². The Morgan fingerprint density at radius 2 is 1.73 bits per heavy atom. The summed E-state index contributed by atoms with van der Waals surface area (Å²) in [5, 5.41) is 0. The number of halogens is 1. The van der Waals surface area contributed by atoms with E-state index in [1.54, 1.807) is 18.2 Å². The zero-order valence-corrected chi connectivity index (χ0v) is 13.5. The summed E-state index contributed by atoms with van der Waals surface area (Å²) in [6.07, 6.45) is 0. The summed E-state index contributed by atoms with van der Waals surface area (Å²) in [7, 11) is 0. The number of hydrogen-bond donors (Lipinski definition) is 0. The first-order chi connectivity index (χ1) is 10.3. The number of hydrogen-bond acceptors (Lipinski definition) is 3. The number of rotatable bonds is 5. The van der Waals surface area contributed by atoms with Crippen LogP contribution in [0, 0.1) is 18.2 Å². The molecule has 2 aromatic rings. The highest BCUT2D eigenvalue weighted by Crippen LogP contribution is 2.23. The third-order valence-electron chi connectivity index (χ3n) is 2.89. The van der Waals surface area contributed by atoms with E-state index in [9.17, 15) is 4.39 Å². The zero-order valence-electron chi connectivity index (χ0n) is 13.5. The summed E-state index contributed by atoms with van der Waals surface area (Å²) < 4.78 is 24.9. The quantitative estimate of drug-likeness (QED) is 0.788. The fourth-order valence-corrected chi connectivity index (χ4v) is 1.79. The summed E-state index contributed by atoms with van der Waals surface area (Å²) in [5.74, 6) is 0.0469. The largest absolute Gasteiger partial charge is 0.436 e. The number of aryl methyl sites for hydroxylation is 1. The van der Waals surface area contributed by atoms with Gasteiger partial charge < -0.3 is 9.47 Å². The highest BCUT2D eigenvalue weighted by atomic mass is 19.1. The molecule has 118 valence electrons. The lowest BCUT2D eigenvalue weighted by Crippen LogP contribution is -2.14. The van der Waals surface area contributed by atoms with E-state index < -0.39 is 5.82 Å². The van der Waals surface area contributed by atoms with Gasteiger partial charge in [0.05, 0.1) is 18.9 Å². The van der Waals surface area contributed by atoms with Gasteiger partial charge in [-0.3, -0.25) is 0 Å². The molecule has 0 spiro atoms. The van der Waals surface area contributed by atoms with Crippen molar-refractivity contribution in [3.8, 4) is 11.6 Å². The smallest absolute Gasteiger partial charge is 0.256 e. The highest BCUT2D eigenvalue weighted by molar-refractivity contribution is 5.30. The molecule has 1 heterocycles. The summed E-state index contributed by atoms with van der Waals surface area (Å²) >= 11 is 0. The standard InChI is InChI=1S/C18H22FNO2/c1-13-5-8-15(9-6-13)22-17-16(19)10-7-14(20-17)11-21-12-18(2,3)4/h5-10H,11-12H2,1-4H3. The molecular formula is C18H22FNO2. The Labute approximate surface area is 131 Å². The molecular weight excluding hydrogens is 281 g/mol. The van der Waals surface area contributed by atoms with E-state index >= 15 is 0 Å². The average Bonchev–Trinajstić information content (AvgIpc) is 2.43. The minimum absolute atomic E-state index is 0.0271. The van der Waals surface area contributed by atoms with Crippen molar-refractivity contribution in [2.75, 3.05) is 6.61 Å². The maximum atomic E-state index is 13.8. The SMILES string of the molecule is Cc1ccc(Oc2nc(COCC(C)(C)C)ccc2F)cc1. The predicted molar refractivity (Wildman–Crippen MR) is 84.6 cm³/mol. The Kier molecular flexibility index (Phi) is 5.14. The predicted octanol–water partition coefficient (Wildman–Crippen LogP) is 4.88. The van der Waals surface area contributed by atoms with Crippen LogP contribution in [0.15, 0.2) is 36.4 Å². The van der Waals surface area contributed by atoms with Gasteiger partial charge in [-0.05, 0) is 36.6 Å². The molecule has 1 aromatic heterocycles. The van der Waals surface area contributed by atoms with Gasteiger partial charge in [0.25, 0.3) is 5.88 Å². The molecule has 0 bridgehead atoms. The normalized spacial score (nSPS) is 11.5. The molecule has 0 saturated heterocycles. The first kappa shape index (κ1) is 16.4. The Morgan fingerprint density at radius 1 is 1.05 bits per heavy atom. The molecule has 0 unspecified atom stereocenters. The van der Waals surface area contributed by atoms with E-state index in [0.717, 1.165) is 5.56 Å². The van der Waals surface area contributed by atoms with Crippen molar-refractivity contribution in [2.45, 2.75) is 34.3 Å². The second-order valence-corrected chi connectivity index (χ2v) is 6.56. The molecule has 0 saturated carbocycles. The maximum absolute atomic E-state index is 13.8. The van der Waals surface area contributed by atoms with Gasteiger partial charge in [0.2, 0.25) is 0 Å². The van der Waals surface area contributed by atoms with Gasteiger partial charge in [0.15, 0.2) is 5.82 Å². The van der Waals surface area contributed by atoms with Gasteiger partial charge >= 0.3 is 0 Å². The fraction of sp³-hybridized carbons (Fsp3) is 0.389. The first-order valence-electron chi connectivity index (χ1n) is 7.31. The summed E-state index contributed by atoms with van der Waals surface area (Å²) in [5.41, 5.74) is 1.85. The van der Waals surface area contributed by atoms with E-state index in [0.29, 0.717) is 24.7 Å². The molecule has 4 heteroatoms. The van der Waals surface area contributed by atoms with Crippen LogP contribution in [0.2, 0.25) is 0 Å². The summed E-state index contributed by atoms with van der Waals surface area (Å²) in [6, 6.07) is 10.4. The molecule has 0 amide bonds. The lowest BCUT2D eigenvalue weighted by Gasteiger charge is -2.17. The number of benzene rings is 1. The molecule has 0 aliphatic carbocycles. The first-order valence-corrected chi connectivity index (χ1v) is 7.31. The molecule has 0 atom stereocenters. The van der Waals surface area contributed by atoms with Crippen molar-refractivity contribution in [1.82, 2.24) is 4.98 Å². The molecule has 0 fully saturated rings. The Balaban J connectivity index is 2.05. The number of ether oxygens (including phenoxy) is 2. The Hall–Kier alpha value is -1.94. The molecule has 0 N–H and O–H groups in total.